The molecule has 0 aliphatic heterocycles. The highest BCUT2D eigenvalue weighted by Gasteiger charge is 2.24. The normalized spacial score (nSPS) is 14.2. The molecular formula is C16H24ClN3. The molecule has 0 fully saturated rings. The molecule has 0 bridgehead atoms. The molecule has 0 saturated carbocycles. The number of hydrogen-bond acceptors (Lipinski definition) is 2. The van der Waals surface area contributed by atoms with Gasteiger partial charge in [0.25, 0.3) is 0 Å². The van der Waals surface area contributed by atoms with Crippen LogP contribution in [0.3, 0.4) is 0 Å². The number of aromatic nitrogens is 2. The molecule has 2 N–H and O–H groups in total. The Morgan fingerprint density at radius 2 is 1.95 bits per heavy atom. The topological polar surface area (TPSA) is 43.8 Å². The van der Waals surface area contributed by atoms with Crippen molar-refractivity contribution in [3.05, 3.63) is 29.0 Å². The van der Waals surface area contributed by atoms with Crippen molar-refractivity contribution in [3.8, 4) is 0 Å². The van der Waals surface area contributed by atoms with Gasteiger partial charge in [-0.1, -0.05) is 32.4 Å². The zero-order chi connectivity index (χ0) is 15.1. The molecule has 0 radical (unpaired) electrons. The van der Waals surface area contributed by atoms with Crippen molar-refractivity contribution in [1.82, 2.24) is 9.55 Å². The van der Waals surface area contributed by atoms with E-state index in [9.17, 15) is 0 Å². The minimum absolute atomic E-state index is 0.0671. The monoisotopic (exact) mass is 293 g/mol. The minimum Gasteiger partial charge on any atom is -0.327 e. The Labute approximate surface area is 126 Å². The second-order valence-corrected chi connectivity index (χ2v) is 7.24. The lowest BCUT2D eigenvalue weighted by Crippen LogP contribution is -2.37. The van der Waals surface area contributed by atoms with Gasteiger partial charge in [-0.3, -0.25) is 0 Å². The summed E-state index contributed by atoms with van der Waals surface area (Å²) >= 11 is 6.06. The fourth-order valence-corrected chi connectivity index (χ4v) is 2.51. The first-order valence-electron chi connectivity index (χ1n) is 7.12. The molecule has 1 aromatic carbocycles. The van der Waals surface area contributed by atoms with Gasteiger partial charge in [0.2, 0.25) is 0 Å². The number of fused-ring (bicyclic) bond motifs is 1. The lowest BCUT2D eigenvalue weighted by atomic mass is 9.85. The number of rotatable bonds is 3. The van der Waals surface area contributed by atoms with Crippen LogP contribution in [0, 0.1) is 5.41 Å². The van der Waals surface area contributed by atoms with Crippen molar-refractivity contribution in [3.63, 3.8) is 0 Å². The number of halogens is 1. The van der Waals surface area contributed by atoms with Gasteiger partial charge < -0.3 is 10.3 Å². The molecule has 0 saturated heterocycles. The van der Waals surface area contributed by atoms with Gasteiger partial charge in [-0.25, -0.2) is 4.98 Å². The zero-order valence-electron chi connectivity index (χ0n) is 12.9. The summed E-state index contributed by atoms with van der Waals surface area (Å²) in [4.78, 5) is 4.75. The summed E-state index contributed by atoms with van der Waals surface area (Å²) in [7, 11) is 0. The van der Waals surface area contributed by atoms with Gasteiger partial charge >= 0.3 is 0 Å². The molecule has 2 aromatic rings. The predicted octanol–water partition coefficient (Wildman–Crippen LogP) is 4.19. The van der Waals surface area contributed by atoms with E-state index in [-0.39, 0.29) is 11.5 Å². The summed E-state index contributed by atoms with van der Waals surface area (Å²) < 4.78 is 2.26. The smallest absolute Gasteiger partial charge is 0.111 e. The summed E-state index contributed by atoms with van der Waals surface area (Å²) in [5.41, 5.74) is 8.46. The van der Waals surface area contributed by atoms with Crippen LogP contribution in [0.25, 0.3) is 11.0 Å². The molecule has 1 unspecified atom stereocenters. The van der Waals surface area contributed by atoms with E-state index >= 15 is 0 Å². The molecule has 0 aliphatic rings. The fraction of sp³-hybridized carbons (Fsp3) is 0.562. The third-order valence-electron chi connectivity index (χ3n) is 3.76. The van der Waals surface area contributed by atoms with Crippen LogP contribution >= 0.6 is 11.6 Å². The van der Waals surface area contributed by atoms with Crippen LogP contribution in [0.15, 0.2) is 18.2 Å². The van der Waals surface area contributed by atoms with Crippen LogP contribution in [-0.2, 0) is 6.42 Å². The summed E-state index contributed by atoms with van der Waals surface area (Å²) in [6.45, 7) is 10.8. The minimum atomic E-state index is 0.0671. The molecular weight excluding hydrogens is 270 g/mol. The molecule has 1 aromatic heterocycles. The lowest BCUT2D eigenvalue weighted by molar-refractivity contribution is 0.311. The number of nitrogens with zero attached hydrogens (tertiary/aromatic N) is 2. The van der Waals surface area contributed by atoms with Crippen LogP contribution in [0.2, 0.25) is 5.02 Å². The quantitative estimate of drug-likeness (QED) is 0.922. The molecule has 1 atom stereocenters. The molecule has 0 amide bonds. The maximum absolute atomic E-state index is 6.32. The van der Waals surface area contributed by atoms with Crippen LogP contribution in [0.5, 0.6) is 0 Å². The van der Waals surface area contributed by atoms with Gasteiger partial charge in [-0.05, 0) is 37.5 Å². The Morgan fingerprint density at radius 1 is 1.30 bits per heavy atom. The van der Waals surface area contributed by atoms with Crippen molar-refractivity contribution in [2.24, 2.45) is 11.1 Å². The van der Waals surface area contributed by atoms with Gasteiger partial charge in [-0.2, -0.15) is 0 Å². The van der Waals surface area contributed by atoms with Crippen molar-refractivity contribution in [1.29, 1.82) is 0 Å². The fourth-order valence-electron chi connectivity index (χ4n) is 2.34. The molecule has 2 rings (SSSR count). The number of nitrogens with two attached hydrogens (primary N) is 1. The molecule has 20 heavy (non-hydrogen) atoms. The Balaban J connectivity index is 2.49. The van der Waals surface area contributed by atoms with Crippen LogP contribution in [-0.4, -0.2) is 15.6 Å². The first-order valence-corrected chi connectivity index (χ1v) is 7.50. The van der Waals surface area contributed by atoms with Gasteiger partial charge in [0.05, 0.1) is 11.0 Å². The van der Waals surface area contributed by atoms with E-state index in [1.165, 1.54) is 0 Å². The maximum Gasteiger partial charge on any atom is 0.111 e. The third kappa shape index (κ3) is 2.99. The largest absolute Gasteiger partial charge is 0.327 e. The number of imidazole rings is 1. The lowest BCUT2D eigenvalue weighted by Gasteiger charge is -2.27. The highest BCUT2D eigenvalue weighted by molar-refractivity contribution is 6.31. The van der Waals surface area contributed by atoms with E-state index in [0.29, 0.717) is 6.04 Å². The van der Waals surface area contributed by atoms with Crippen LogP contribution < -0.4 is 5.73 Å². The van der Waals surface area contributed by atoms with E-state index in [0.717, 1.165) is 28.3 Å². The summed E-state index contributed by atoms with van der Waals surface area (Å²) in [6, 6.07) is 6.30. The summed E-state index contributed by atoms with van der Waals surface area (Å²) in [5.74, 6) is 1.04. The van der Waals surface area contributed by atoms with Crippen molar-refractivity contribution >= 4 is 22.6 Å². The summed E-state index contributed by atoms with van der Waals surface area (Å²) in [6.07, 6.45) is 0.772. The third-order valence-corrected chi connectivity index (χ3v) is 3.99. The Bertz CT molecular complexity index is 608. The van der Waals surface area contributed by atoms with E-state index in [1.54, 1.807) is 0 Å². The molecule has 110 valence electrons. The van der Waals surface area contributed by atoms with E-state index in [2.05, 4.69) is 39.2 Å². The molecule has 1 heterocycles. The SMILES string of the molecule is CC(C)n1c(CC(N)C(C)(C)C)nc2cc(Cl)ccc21. The average Bonchev–Trinajstić information content (AvgIpc) is 2.64. The first kappa shape index (κ1) is 15.3. The van der Waals surface area contributed by atoms with Gasteiger partial charge in [0.1, 0.15) is 5.82 Å². The second kappa shape index (κ2) is 5.38. The molecule has 0 aliphatic carbocycles. The zero-order valence-corrected chi connectivity index (χ0v) is 13.7. The van der Waals surface area contributed by atoms with Crippen molar-refractivity contribution in [2.75, 3.05) is 0 Å². The van der Waals surface area contributed by atoms with E-state index in [1.807, 2.05) is 18.2 Å². The number of hydrogen-bond donors (Lipinski definition) is 1. The van der Waals surface area contributed by atoms with E-state index < -0.39 is 0 Å². The first-order chi connectivity index (χ1) is 9.20. The van der Waals surface area contributed by atoms with Crippen molar-refractivity contribution < 1.29 is 0 Å². The number of benzene rings is 1. The maximum atomic E-state index is 6.32. The van der Waals surface area contributed by atoms with Gasteiger partial charge in [-0.15, -0.1) is 0 Å². The molecule has 4 heteroatoms. The van der Waals surface area contributed by atoms with Gasteiger partial charge in [0.15, 0.2) is 0 Å². The van der Waals surface area contributed by atoms with Crippen molar-refractivity contribution in [2.45, 2.75) is 53.1 Å². The molecule has 0 spiro atoms. The Kier molecular flexibility index (Phi) is 4.12. The van der Waals surface area contributed by atoms with Crippen LogP contribution in [0.1, 0.15) is 46.5 Å². The Hall–Kier alpha value is -1.06. The highest BCUT2D eigenvalue weighted by Crippen LogP contribution is 2.27. The second-order valence-electron chi connectivity index (χ2n) is 6.80. The molecule has 3 nitrogen and oxygen atoms in total. The summed E-state index contributed by atoms with van der Waals surface area (Å²) in [5, 5.41) is 0.720. The van der Waals surface area contributed by atoms with Gasteiger partial charge in [0, 0.05) is 23.5 Å². The highest BCUT2D eigenvalue weighted by atomic mass is 35.5. The predicted molar refractivity (Wildman–Crippen MR) is 86.3 cm³/mol. The standard InChI is InChI=1S/C16H24ClN3/c1-10(2)20-13-7-6-11(17)8-12(13)19-15(20)9-14(18)16(3,4)5/h6-8,10,14H,9,18H2,1-5H3. The average molecular weight is 294 g/mol. The Morgan fingerprint density at radius 3 is 2.50 bits per heavy atom. The van der Waals surface area contributed by atoms with Crippen LogP contribution in [0.4, 0.5) is 0 Å². The van der Waals surface area contributed by atoms with E-state index in [4.69, 9.17) is 22.3 Å².